The number of aromatic nitrogens is 19. The van der Waals surface area contributed by atoms with E-state index in [9.17, 15) is 0 Å². The summed E-state index contributed by atoms with van der Waals surface area (Å²) in [6.45, 7) is 9.23. The Kier molecular flexibility index (Phi) is 28.5. The Morgan fingerprint density at radius 3 is 1.52 bits per heavy atom. The standard InChI is InChI=1S/C5H7N.2C4H6N2.C4H5NO.C4H5NS.2C3H5N3.2C3H4N2O.C3H4N2S/c1-6-4-2-3-5-6;1-6-3-2-5-4-6;1-6-4-2-3-5-6;2*1-4-5-2-3-6-4;1-6-3-4-2-5-6;1-6-3-2-4-5-6;1-3-5-4-2-6-3;1-3-4-2-6-5-3;1-3-5-4-2-6-3/h2-5H,1H3;2*2-4H,1H3;4*2-3H,1H3;3*2H,1H3. The number of rotatable bonds is 0. The van der Waals surface area contributed by atoms with E-state index in [-0.39, 0.29) is 0 Å². The lowest BCUT2D eigenvalue weighted by molar-refractivity contribution is 0.412. The zero-order valence-electron chi connectivity index (χ0n) is 35.2. The highest BCUT2D eigenvalue weighted by Crippen LogP contribution is 1.98. The van der Waals surface area contributed by atoms with Crippen molar-refractivity contribution in [3.05, 3.63) is 157 Å². The Hall–Kier alpha value is -7.34. The molecule has 10 aromatic rings. The molecule has 320 valence electrons. The SMILES string of the molecule is Cc1ncco1.Cc1nccs1.Cc1ncon1.Cc1nnco1.Cc1nncs1.Cn1cccc1.Cn1cccn1.Cn1ccnc1.Cn1ccnn1.Cn1cncn1. The summed E-state index contributed by atoms with van der Waals surface area (Å²) in [5.74, 6) is 2.00. The predicted molar refractivity (Wildman–Crippen MR) is 225 cm³/mol. The zero-order chi connectivity index (χ0) is 44.1. The molecule has 0 aliphatic heterocycles. The van der Waals surface area contributed by atoms with Crippen molar-refractivity contribution >= 4 is 22.7 Å². The molecule has 22 nitrogen and oxygen atoms in total. The van der Waals surface area contributed by atoms with Gasteiger partial charge < -0.3 is 22.5 Å². The van der Waals surface area contributed by atoms with Crippen molar-refractivity contribution in [3.63, 3.8) is 0 Å². The first-order valence-corrected chi connectivity index (χ1v) is 19.1. The Morgan fingerprint density at radius 2 is 1.35 bits per heavy atom. The van der Waals surface area contributed by atoms with Crippen LogP contribution < -0.4 is 0 Å². The summed E-state index contributed by atoms with van der Waals surface area (Å²) in [5.41, 5.74) is 1.72. The molecule has 0 radical (unpaired) electrons. The van der Waals surface area contributed by atoms with Crippen LogP contribution in [-0.2, 0) is 35.2 Å². The molecule has 0 bridgehead atoms. The monoisotopic (exact) mass is 861 g/mol. The second-order valence-electron chi connectivity index (χ2n) is 10.9. The predicted octanol–water partition coefficient (Wildman–Crippen LogP) is 5.53. The largest absolute Gasteiger partial charge is 0.449 e. The van der Waals surface area contributed by atoms with Crippen LogP contribution in [0.1, 0.15) is 27.6 Å². The molecule has 0 atom stereocenters. The lowest BCUT2D eigenvalue weighted by Crippen LogP contribution is -1.85. The number of aryl methyl sites for hydroxylation is 10. The van der Waals surface area contributed by atoms with Crippen LogP contribution in [0, 0.1) is 34.6 Å². The number of hydrogen-bond acceptors (Lipinski definition) is 19. The minimum Gasteiger partial charge on any atom is -0.449 e. The van der Waals surface area contributed by atoms with Crippen LogP contribution in [0.4, 0.5) is 0 Å². The van der Waals surface area contributed by atoms with E-state index in [1.807, 2.05) is 107 Å². The minimum atomic E-state index is 0.606. The molecular formula is C36H51N19O3S2. The highest BCUT2D eigenvalue weighted by atomic mass is 32.1. The van der Waals surface area contributed by atoms with Gasteiger partial charge in [0, 0.05) is 104 Å². The van der Waals surface area contributed by atoms with Crippen molar-refractivity contribution in [2.75, 3.05) is 0 Å². The smallest absolute Gasteiger partial charge is 0.213 e. The van der Waals surface area contributed by atoms with Crippen molar-refractivity contribution in [2.24, 2.45) is 35.2 Å². The fraction of sp³-hybridized carbons (Fsp3) is 0.278. The third-order valence-corrected chi connectivity index (χ3v) is 6.95. The molecule has 10 aromatic heterocycles. The normalized spacial score (nSPS) is 8.83. The zero-order valence-corrected chi connectivity index (χ0v) is 36.8. The molecule has 0 aliphatic rings. The van der Waals surface area contributed by atoms with E-state index < -0.39 is 0 Å². The number of thiazole rings is 1. The maximum atomic E-state index is 4.72. The van der Waals surface area contributed by atoms with Gasteiger partial charge in [-0.1, -0.05) is 10.4 Å². The van der Waals surface area contributed by atoms with Gasteiger partial charge in [0.2, 0.25) is 18.7 Å². The molecule has 0 saturated carbocycles. The molecule has 0 saturated heterocycles. The maximum Gasteiger partial charge on any atom is 0.213 e. The van der Waals surface area contributed by atoms with Gasteiger partial charge in [0.15, 0.2) is 11.7 Å². The van der Waals surface area contributed by atoms with Crippen LogP contribution in [0.2, 0.25) is 0 Å². The summed E-state index contributed by atoms with van der Waals surface area (Å²) in [6.07, 6.45) is 27.2. The molecular weight excluding hydrogens is 811 g/mol. The number of nitrogens with zero attached hydrogens (tertiary/aromatic N) is 19. The minimum absolute atomic E-state index is 0.606. The highest BCUT2D eigenvalue weighted by molar-refractivity contribution is 7.09. The van der Waals surface area contributed by atoms with E-state index in [1.54, 1.807) is 119 Å². The third-order valence-electron chi connectivity index (χ3n) is 5.62. The van der Waals surface area contributed by atoms with Crippen LogP contribution in [-0.4, -0.2) is 94.2 Å². The molecule has 10 rings (SSSR count). The van der Waals surface area contributed by atoms with Crippen molar-refractivity contribution in [3.8, 4) is 0 Å². The molecule has 0 unspecified atom stereocenters. The van der Waals surface area contributed by atoms with Crippen molar-refractivity contribution in [1.82, 2.24) is 94.2 Å². The Morgan fingerprint density at radius 1 is 0.550 bits per heavy atom. The van der Waals surface area contributed by atoms with E-state index >= 15 is 0 Å². The van der Waals surface area contributed by atoms with Crippen molar-refractivity contribution in [1.29, 1.82) is 0 Å². The summed E-state index contributed by atoms with van der Waals surface area (Å²) in [7, 11) is 9.48. The maximum absolute atomic E-state index is 4.72. The Balaban J connectivity index is 0.000000333. The second-order valence-corrected chi connectivity index (χ2v) is 13.0. The molecule has 60 heavy (non-hydrogen) atoms. The Labute approximate surface area is 355 Å². The average molecular weight is 862 g/mol. The van der Waals surface area contributed by atoms with Gasteiger partial charge >= 0.3 is 0 Å². The third kappa shape index (κ3) is 31.8. The molecule has 10 heterocycles. The van der Waals surface area contributed by atoms with Gasteiger partial charge in [-0.15, -0.1) is 48.2 Å². The van der Waals surface area contributed by atoms with E-state index in [4.69, 9.17) is 4.42 Å². The second kappa shape index (κ2) is 33.8. The lowest BCUT2D eigenvalue weighted by Gasteiger charge is -1.79. The van der Waals surface area contributed by atoms with E-state index in [2.05, 4.69) is 79.9 Å². The van der Waals surface area contributed by atoms with Crippen LogP contribution in [0.15, 0.2) is 142 Å². The molecule has 0 N–H and O–H groups in total. The first-order valence-electron chi connectivity index (χ1n) is 17.4. The van der Waals surface area contributed by atoms with Gasteiger partial charge in [-0.3, -0.25) is 19.0 Å². The number of imidazole rings is 1. The molecule has 0 aliphatic carbocycles. The van der Waals surface area contributed by atoms with Gasteiger partial charge in [-0.25, -0.2) is 15.0 Å². The lowest BCUT2D eigenvalue weighted by atomic mass is 10.7. The van der Waals surface area contributed by atoms with Crippen LogP contribution in [0.5, 0.6) is 0 Å². The molecule has 0 fully saturated rings. The summed E-state index contributed by atoms with van der Waals surface area (Å²) in [4.78, 5) is 18.8. The molecule has 0 spiro atoms. The molecule has 0 amide bonds. The first-order chi connectivity index (χ1) is 28.9. The molecule has 0 aromatic carbocycles. The summed E-state index contributed by atoms with van der Waals surface area (Å²) in [6, 6.07) is 5.89. The summed E-state index contributed by atoms with van der Waals surface area (Å²) >= 11 is 3.22. The van der Waals surface area contributed by atoms with Gasteiger partial charge in [-0.2, -0.15) is 15.2 Å². The quantitative estimate of drug-likeness (QED) is 0.182. The van der Waals surface area contributed by atoms with Gasteiger partial charge in [0.05, 0.1) is 23.7 Å². The number of oxazole rings is 1. The van der Waals surface area contributed by atoms with E-state index in [1.165, 1.54) is 19.1 Å². The highest BCUT2D eigenvalue weighted by Gasteiger charge is 1.81. The summed E-state index contributed by atoms with van der Waals surface area (Å²) in [5, 5.41) is 36.4. The van der Waals surface area contributed by atoms with Gasteiger partial charge in [-0.05, 0) is 39.0 Å². The average Bonchev–Trinajstić information content (AvgIpc) is 4.06. The number of hydrogen-bond donors (Lipinski definition) is 0. The van der Waals surface area contributed by atoms with E-state index in [0.29, 0.717) is 11.7 Å². The first kappa shape index (κ1) is 50.7. The van der Waals surface area contributed by atoms with Crippen LogP contribution in [0.3, 0.4) is 0 Å². The topological polar surface area (TPSA) is 245 Å². The van der Waals surface area contributed by atoms with Crippen molar-refractivity contribution in [2.45, 2.75) is 34.6 Å². The fourth-order valence-electron chi connectivity index (χ4n) is 2.90. The fourth-order valence-corrected chi connectivity index (χ4v) is 3.68. The van der Waals surface area contributed by atoms with Crippen LogP contribution in [0.25, 0.3) is 0 Å². The van der Waals surface area contributed by atoms with E-state index in [0.717, 1.165) is 15.9 Å². The van der Waals surface area contributed by atoms with Crippen LogP contribution >= 0.6 is 22.7 Å². The van der Waals surface area contributed by atoms with Gasteiger partial charge in [0.1, 0.15) is 29.4 Å². The molecule has 24 heteroatoms. The van der Waals surface area contributed by atoms with Gasteiger partial charge in [0.25, 0.3) is 0 Å². The Bertz CT molecular complexity index is 1650. The summed E-state index contributed by atoms with van der Waals surface area (Å²) < 4.78 is 22.6. The van der Waals surface area contributed by atoms with Crippen molar-refractivity contribution < 1.29 is 13.4 Å².